The smallest absolute Gasteiger partial charge is 0.141 e. The van der Waals surface area contributed by atoms with Crippen LogP contribution in [0.4, 0.5) is 4.39 Å². The minimum absolute atomic E-state index is 0.294. The Labute approximate surface area is 82.3 Å². The number of nitrogens with one attached hydrogen (secondary N) is 1. The van der Waals surface area contributed by atoms with E-state index in [-0.39, 0.29) is 5.82 Å². The quantitative estimate of drug-likeness (QED) is 0.786. The third-order valence-electron chi connectivity index (χ3n) is 2.29. The first-order chi connectivity index (χ1) is 6.84. The van der Waals surface area contributed by atoms with Crippen LogP contribution in [0.1, 0.15) is 12.1 Å². The van der Waals surface area contributed by atoms with Gasteiger partial charge in [0.1, 0.15) is 5.82 Å². The van der Waals surface area contributed by atoms with Gasteiger partial charge in [0.15, 0.2) is 0 Å². The fourth-order valence-corrected chi connectivity index (χ4v) is 1.46. The van der Waals surface area contributed by atoms with Crippen molar-refractivity contribution >= 4 is 0 Å². The van der Waals surface area contributed by atoms with Crippen molar-refractivity contribution in [1.29, 1.82) is 0 Å². The van der Waals surface area contributed by atoms with Crippen LogP contribution in [0.3, 0.4) is 0 Å². The second kappa shape index (κ2) is 4.48. The fraction of sp³-hybridized carbons (Fsp3) is 0.500. The third-order valence-corrected chi connectivity index (χ3v) is 2.29. The summed E-state index contributed by atoms with van der Waals surface area (Å²) < 4.78 is 17.7. The van der Waals surface area contributed by atoms with E-state index in [0.29, 0.717) is 12.6 Å². The molecule has 1 atom stereocenters. The summed E-state index contributed by atoms with van der Waals surface area (Å²) in [5.41, 5.74) is 0.860. The van der Waals surface area contributed by atoms with Crippen LogP contribution in [0, 0.1) is 5.82 Å². The molecule has 14 heavy (non-hydrogen) atoms. The van der Waals surface area contributed by atoms with E-state index in [2.05, 4.69) is 10.3 Å². The van der Waals surface area contributed by atoms with Crippen LogP contribution in [0.15, 0.2) is 18.3 Å². The van der Waals surface area contributed by atoms with Gasteiger partial charge < -0.3 is 10.1 Å². The molecule has 1 fully saturated rings. The van der Waals surface area contributed by atoms with Crippen molar-refractivity contribution in [1.82, 2.24) is 10.3 Å². The fourth-order valence-electron chi connectivity index (χ4n) is 1.46. The van der Waals surface area contributed by atoms with Gasteiger partial charge in [-0.1, -0.05) is 0 Å². The van der Waals surface area contributed by atoms with Crippen molar-refractivity contribution < 1.29 is 9.13 Å². The van der Waals surface area contributed by atoms with Gasteiger partial charge in [-0.15, -0.1) is 0 Å². The van der Waals surface area contributed by atoms with E-state index in [0.717, 1.165) is 25.3 Å². The molecule has 2 heterocycles. The molecular formula is C10H13FN2O. The zero-order valence-electron chi connectivity index (χ0n) is 7.87. The van der Waals surface area contributed by atoms with Crippen molar-refractivity contribution in [2.75, 3.05) is 13.2 Å². The summed E-state index contributed by atoms with van der Waals surface area (Å²) in [6.45, 7) is 2.27. The number of pyridine rings is 1. The van der Waals surface area contributed by atoms with E-state index >= 15 is 0 Å². The number of hydrogen-bond donors (Lipinski definition) is 1. The Hall–Kier alpha value is -1.00. The van der Waals surface area contributed by atoms with Crippen molar-refractivity contribution in [3.8, 4) is 0 Å². The van der Waals surface area contributed by atoms with Crippen LogP contribution >= 0.6 is 0 Å². The second-order valence-corrected chi connectivity index (χ2v) is 3.41. The number of aromatic nitrogens is 1. The molecule has 76 valence electrons. The molecule has 1 saturated heterocycles. The highest BCUT2D eigenvalue weighted by atomic mass is 19.1. The van der Waals surface area contributed by atoms with Gasteiger partial charge in [0.25, 0.3) is 0 Å². The zero-order valence-corrected chi connectivity index (χ0v) is 7.87. The monoisotopic (exact) mass is 196 g/mol. The van der Waals surface area contributed by atoms with E-state index in [4.69, 9.17) is 4.74 Å². The first kappa shape index (κ1) is 9.55. The molecule has 0 bridgehead atoms. The zero-order chi connectivity index (χ0) is 9.80. The lowest BCUT2D eigenvalue weighted by atomic mass is 10.2. The first-order valence-electron chi connectivity index (χ1n) is 4.76. The van der Waals surface area contributed by atoms with Crippen molar-refractivity contribution in [3.05, 3.63) is 29.8 Å². The standard InChI is InChI=1S/C10H13FN2O/c11-8-1-2-9(12-5-8)6-13-10-3-4-14-7-10/h1-2,5,10,13H,3-4,6-7H2. The minimum atomic E-state index is -0.294. The predicted octanol–water partition coefficient (Wildman–Crippen LogP) is 1.10. The predicted molar refractivity (Wildman–Crippen MR) is 50.3 cm³/mol. The maximum Gasteiger partial charge on any atom is 0.141 e. The molecule has 1 N–H and O–H groups in total. The van der Waals surface area contributed by atoms with Crippen LogP contribution in [-0.2, 0) is 11.3 Å². The Balaban J connectivity index is 1.82. The van der Waals surface area contributed by atoms with E-state index in [1.54, 1.807) is 6.07 Å². The van der Waals surface area contributed by atoms with Gasteiger partial charge in [-0.3, -0.25) is 4.98 Å². The summed E-state index contributed by atoms with van der Waals surface area (Å²) in [5, 5.41) is 3.31. The molecule has 0 aromatic carbocycles. The second-order valence-electron chi connectivity index (χ2n) is 3.41. The Kier molecular flexibility index (Phi) is 3.06. The average Bonchev–Trinajstić information content (AvgIpc) is 2.70. The summed E-state index contributed by atoms with van der Waals surface area (Å²) in [6, 6.07) is 3.54. The summed E-state index contributed by atoms with van der Waals surface area (Å²) in [5.74, 6) is -0.294. The molecule has 1 unspecified atom stereocenters. The van der Waals surface area contributed by atoms with Crippen LogP contribution in [0.2, 0.25) is 0 Å². The molecule has 1 aromatic heterocycles. The van der Waals surface area contributed by atoms with E-state index in [1.165, 1.54) is 12.3 Å². The van der Waals surface area contributed by atoms with Gasteiger partial charge in [0.2, 0.25) is 0 Å². The minimum Gasteiger partial charge on any atom is -0.380 e. The number of hydrogen-bond acceptors (Lipinski definition) is 3. The molecule has 4 heteroatoms. The van der Waals surface area contributed by atoms with Gasteiger partial charge in [-0.05, 0) is 18.6 Å². The van der Waals surface area contributed by atoms with Gasteiger partial charge >= 0.3 is 0 Å². The topological polar surface area (TPSA) is 34.1 Å². The number of halogens is 1. The summed E-state index contributed by atoms with van der Waals surface area (Å²) in [7, 11) is 0. The van der Waals surface area contributed by atoms with Crippen LogP contribution in [0.25, 0.3) is 0 Å². The maximum absolute atomic E-state index is 12.5. The van der Waals surface area contributed by atoms with Crippen molar-refractivity contribution in [2.24, 2.45) is 0 Å². The van der Waals surface area contributed by atoms with Crippen LogP contribution < -0.4 is 5.32 Å². The molecule has 0 amide bonds. The highest BCUT2D eigenvalue weighted by Crippen LogP contribution is 2.04. The highest BCUT2D eigenvalue weighted by Gasteiger charge is 2.14. The Morgan fingerprint density at radius 1 is 1.57 bits per heavy atom. The van der Waals surface area contributed by atoms with Gasteiger partial charge in [-0.2, -0.15) is 0 Å². The first-order valence-corrected chi connectivity index (χ1v) is 4.76. The summed E-state index contributed by atoms with van der Waals surface area (Å²) in [4.78, 5) is 3.96. The molecule has 1 aromatic rings. The molecule has 1 aliphatic rings. The summed E-state index contributed by atoms with van der Waals surface area (Å²) in [6.07, 6.45) is 2.28. The highest BCUT2D eigenvalue weighted by molar-refractivity contribution is 5.05. The molecule has 0 saturated carbocycles. The lowest BCUT2D eigenvalue weighted by Gasteiger charge is -2.09. The third kappa shape index (κ3) is 2.49. The van der Waals surface area contributed by atoms with Crippen LogP contribution in [0.5, 0.6) is 0 Å². The summed E-state index contributed by atoms with van der Waals surface area (Å²) >= 11 is 0. The van der Waals surface area contributed by atoms with E-state index < -0.39 is 0 Å². The molecule has 0 spiro atoms. The lowest BCUT2D eigenvalue weighted by Crippen LogP contribution is -2.28. The molecule has 0 radical (unpaired) electrons. The molecule has 3 nitrogen and oxygen atoms in total. The number of rotatable bonds is 3. The van der Waals surface area contributed by atoms with Gasteiger partial charge in [0, 0.05) is 19.2 Å². The number of nitrogens with zero attached hydrogens (tertiary/aromatic N) is 1. The maximum atomic E-state index is 12.5. The Morgan fingerprint density at radius 2 is 2.50 bits per heavy atom. The van der Waals surface area contributed by atoms with E-state index in [9.17, 15) is 4.39 Å². The molecule has 2 rings (SSSR count). The normalized spacial score (nSPS) is 21.4. The van der Waals surface area contributed by atoms with Gasteiger partial charge in [0.05, 0.1) is 18.5 Å². The van der Waals surface area contributed by atoms with Crippen LogP contribution in [-0.4, -0.2) is 24.2 Å². The molecule has 1 aliphatic heterocycles. The Bertz CT molecular complexity index is 283. The van der Waals surface area contributed by atoms with Gasteiger partial charge in [-0.25, -0.2) is 4.39 Å². The lowest BCUT2D eigenvalue weighted by molar-refractivity contribution is 0.189. The average molecular weight is 196 g/mol. The molecule has 0 aliphatic carbocycles. The SMILES string of the molecule is Fc1ccc(CNC2CCOC2)nc1. The largest absolute Gasteiger partial charge is 0.380 e. The number of ether oxygens (including phenoxy) is 1. The molecular weight excluding hydrogens is 183 g/mol. The Morgan fingerprint density at radius 3 is 3.14 bits per heavy atom. The van der Waals surface area contributed by atoms with E-state index in [1.807, 2.05) is 0 Å². The van der Waals surface area contributed by atoms with Crippen molar-refractivity contribution in [2.45, 2.75) is 19.0 Å². The van der Waals surface area contributed by atoms with Crippen molar-refractivity contribution in [3.63, 3.8) is 0 Å².